The van der Waals surface area contributed by atoms with E-state index in [9.17, 15) is 0 Å². The van der Waals surface area contributed by atoms with Crippen LogP contribution in [0.3, 0.4) is 0 Å². The lowest BCUT2D eigenvalue weighted by Gasteiger charge is -2.14. The molecule has 0 amide bonds. The Morgan fingerprint density at radius 1 is 0.500 bits per heavy atom. The minimum absolute atomic E-state index is 0.735. The Balaban J connectivity index is 1.36. The lowest BCUT2D eigenvalue weighted by Crippen LogP contribution is -1.99. The molecule has 0 atom stereocenters. The van der Waals surface area contributed by atoms with Gasteiger partial charge in [0.2, 0.25) is 0 Å². The van der Waals surface area contributed by atoms with Crippen molar-refractivity contribution in [2.24, 2.45) is 0 Å². The van der Waals surface area contributed by atoms with Crippen molar-refractivity contribution in [3.63, 3.8) is 0 Å². The molecular formula is C42H25N3S. The Morgan fingerprint density at radius 2 is 1.22 bits per heavy atom. The number of para-hydroxylation sites is 2. The van der Waals surface area contributed by atoms with E-state index >= 15 is 0 Å². The van der Waals surface area contributed by atoms with Gasteiger partial charge in [-0.15, -0.1) is 11.3 Å². The van der Waals surface area contributed by atoms with Crippen LogP contribution in [0.5, 0.6) is 0 Å². The van der Waals surface area contributed by atoms with Crippen LogP contribution in [0.2, 0.25) is 0 Å². The molecular weight excluding hydrogens is 579 g/mol. The van der Waals surface area contributed by atoms with Gasteiger partial charge in [0.05, 0.1) is 22.2 Å². The van der Waals surface area contributed by atoms with E-state index in [0.717, 1.165) is 39.2 Å². The molecule has 4 heteroatoms. The first kappa shape index (κ1) is 25.5. The Kier molecular flexibility index (Phi) is 5.45. The summed E-state index contributed by atoms with van der Waals surface area (Å²) in [7, 11) is 0. The third-order valence-electron chi connectivity index (χ3n) is 9.17. The fraction of sp³-hybridized carbons (Fsp3) is 0. The second kappa shape index (κ2) is 9.83. The van der Waals surface area contributed by atoms with Crippen LogP contribution in [0.15, 0.2) is 152 Å². The maximum Gasteiger partial charge on any atom is 0.161 e. The normalized spacial score (nSPS) is 11.9. The van der Waals surface area contributed by atoms with Gasteiger partial charge in [0.25, 0.3) is 0 Å². The van der Waals surface area contributed by atoms with Gasteiger partial charge < -0.3 is 4.57 Å². The number of fused-ring (bicyclic) bond motifs is 9. The summed E-state index contributed by atoms with van der Waals surface area (Å²) >= 11 is 1.83. The highest BCUT2D eigenvalue weighted by Crippen LogP contribution is 2.44. The van der Waals surface area contributed by atoms with Gasteiger partial charge in [-0.05, 0) is 35.7 Å². The largest absolute Gasteiger partial charge is 0.309 e. The summed E-state index contributed by atoms with van der Waals surface area (Å²) in [6.07, 6.45) is 0. The second-order valence-electron chi connectivity index (χ2n) is 11.8. The molecule has 10 rings (SSSR count). The highest BCUT2D eigenvalue weighted by molar-refractivity contribution is 7.26. The van der Waals surface area contributed by atoms with Gasteiger partial charge in [-0.25, -0.2) is 9.97 Å². The molecule has 0 bridgehead atoms. The van der Waals surface area contributed by atoms with Gasteiger partial charge in [0.15, 0.2) is 5.82 Å². The van der Waals surface area contributed by atoms with E-state index in [1.54, 1.807) is 0 Å². The minimum atomic E-state index is 0.735. The third-order valence-corrected chi connectivity index (χ3v) is 10.3. The molecule has 0 aliphatic carbocycles. The van der Waals surface area contributed by atoms with Gasteiger partial charge in [-0.3, -0.25) is 0 Å². The molecule has 0 fully saturated rings. The molecule has 0 saturated carbocycles. The molecule has 0 radical (unpaired) electrons. The SMILES string of the molecule is c1ccc(-c2nc(-c3cc(-n4c5ccccc5c5ccc6ccccc6c54)cc4sc5ccccc5c34)nc3ccccc23)cc1. The van der Waals surface area contributed by atoms with Crippen molar-refractivity contribution in [3.8, 4) is 28.3 Å². The Morgan fingerprint density at radius 3 is 2.11 bits per heavy atom. The zero-order valence-electron chi connectivity index (χ0n) is 24.7. The van der Waals surface area contributed by atoms with E-state index in [4.69, 9.17) is 9.97 Å². The highest BCUT2D eigenvalue weighted by Gasteiger charge is 2.21. The smallest absolute Gasteiger partial charge is 0.161 e. The molecule has 3 heterocycles. The summed E-state index contributed by atoms with van der Waals surface area (Å²) < 4.78 is 4.92. The van der Waals surface area contributed by atoms with Gasteiger partial charge in [0.1, 0.15) is 0 Å². The van der Waals surface area contributed by atoms with Crippen LogP contribution in [-0.2, 0) is 0 Å². The number of hydrogen-bond acceptors (Lipinski definition) is 3. The topological polar surface area (TPSA) is 30.7 Å². The number of benzene rings is 7. The molecule has 214 valence electrons. The number of hydrogen-bond donors (Lipinski definition) is 0. The predicted octanol–water partition coefficient (Wildman–Crippen LogP) is 11.6. The predicted molar refractivity (Wildman–Crippen MR) is 195 cm³/mol. The second-order valence-corrected chi connectivity index (χ2v) is 12.9. The number of thiophene rings is 1. The van der Waals surface area contributed by atoms with Crippen LogP contribution in [0, 0.1) is 0 Å². The van der Waals surface area contributed by atoms with Crippen molar-refractivity contribution in [2.75, 3.05) is 0 Å². The van der Waals surface area contributed by atoms with Crippen LogP contribution >= 0.6 is 11.3 Å². The highest BCUT2D eigenvalue weighted by atomic mass is 32.1. The van der Waals surface area contributed by atoms with Crippen molar-refractivity contribution in [3.05, 3.63) is 152 Å². The molecule has 0 N–H and O–H groups in total. The van der Waals surface area contributed by atoms with Gasteiger partial charge in [-0.2, -0.15) is 0 Å². The first-order valence-corrected chi connectivity index (χ1v) is 16.3. The van der Waals surface area contributed by atoms with Crippen molar-refractivity contribution in [1.29, 1.82) is 0 Å². The van der Waals surface area contributed by atoms with Crippen LogP contribution in [-0.4, -0.2) is 14.5 Å². The van der Waals surface area contributed by atoms with Crippen LogP contribution in [0.4, 0.5) is 0 Å². The molecule has 3 nitrogen and oxygen atoms in total. The lowest BCUT2D eigenvalue weighted by molar-refractivity contribution is 1.18. The summed E-state index contributed by atoms with van der Waals surface area (Å²) in [6.45, 7) is 0. The molecule has 0 saturated heterocycles. The lowest BCUT2D eigenvalue weighted by atomic mass is 10.0. The quantitative estimate of drug-likeness (QED) is 0.201. The first-order chi connectivity index (χ1) is 22.8. The van der Waals surface area contributed by atoms with Crippen LogP contribution in [0.1, 0.15) is 0 Å². The van der Waals surface area contributed by atoms with Gasteiger partial charge >= 0.3 is 0 Å². The maximum atomic E-state index is 5.36. The average molecular weight is 604 g/mol. The van der Waals surface area contributed by atoms with Crippen molar-refractivity contribution in [1.82, 2.24) is 14.5 Å². The van der Waals surface area contributed by atoms with Crippen LogP contribution in [0.25, 0.3) is 92.0 Å². The fourth-order valence-electron chi connectivity index (χ4n) is 7.16. The number of aromatic nitrogens is 3. The Hall–Kier alpha value is -5.84. The summed E-state index contributed by atoms with van der Waals surface area (Å²) in [6, 6.07) is 54.1. The van der Waals surface area contributed by atoms with Crippen LogP contribution < -0.4 is 0 Å². The Labute approximate surface area is 268 Å². The van der Waals surface area contributed by atoms with Crippen molar-refractivity contribution >= 4 is 75.0 Å². The van der Waals surface area contributed by atoms with E-state index in [1.807, 2.05) is 17.4 Å². The van der Waals surface area contributed by atoms with Gasteiger partial charge in [-0.1, -0.05) is 121 Å². The summed E-state index contributed by atoms with van der Waals surface area (Å²) in [5.74, 6) is 0.735. The number of nitrogens with zero attached hydrogens (tertiary/aromatic N) is 3. The zero-order chi connectivity index (χ0) is 30.2. The fourth-order valence-corrected chi connectivity index (χ4v) is 8.32. The molecule has 0 spiro atoms. The average Bonchev–Trinajstić information content (AvgIpc) is 3.67. The molecule has 10 aromatic rings. The van der Waals surface area contributed by atoms with E-state index in [1.165, 1.54) is 52.8 Å². The van der Waals surface area contributed by atoms with E-state index in [-0.39, 0.29) is 0 Å². The summed E-state index contributed by atoms with van der Waals surface area (Å²) in [5.41, 5.74) is 7.52. The summed E-state index contributed by atoms with van der Waals surface area (Å²) in [5, 5.41) is 8.44. The molecule has 46 heavy (non-hydrogen) atoms. The molecule has 0 unspecified atom stereocenters. The monoisotopic (exact) mass is 603 g/mol. The molecule has 3 aromatic heterocycles. The maximum absolute atomic E-state index is 5.36. The zero-order valence-corrected chi connectivity index (χ0v) is 25.5. The third kappa shape index (κ3) is 3.71. The van der Waals surface area contributed by atoms with Crippen molar-refractivity contribution < 1.29 is 0 Å². The van der Waals surface area contributed by atoms with Crippen molar-refractivity contribution in [2.45, 2.75) is 0 Å². The standard InChI is InChI=1S/C42H25N3S/c1-2-13-27(14-3-1)40-32-17-6-9-19-35(32)43-42(44-40)34-24-28(25-38-39(34)33-18-8-11-21-37(33)46-38)45-36-20-10-7-16-30(36)31-23-22-26-12-4-5-15-29(26)41(31)45/h1-25H. The molecule has 7 aromatic carbocycles. The van der Waals surface area contributed by atoms with E-state index in [0.29, 0.717) is 0 Å². The van der Waals surface area contributed by atoms with E-state index in [2.05, 4.69) is 150 Å². The Bertz CT molecular complexity index is 2810. The first-order valence-electron chi connectivity index (χ1n) is 15.5. The number of rotatable bonds is 3. The van der Waals surface area contributed by atoms with Gasteiger partial charge in [0, 0.05) is 58.5 Å². The minimum Gasteiger partial charge on any atom is -0.309 e. The molecule has 0 aliphatic rings. The van der Waals surface area contributed by atoms with E-state index < -0.39 is 0 Å². The summed E-state index contributed by atoms with van der Waals surface area (Å²) in [4.78, 5) is 10.6. The molecule has 0 aliphatic heterocycles.